The first-order valence-electron chi connectivity index (χ1n) is 9.33. The lowest BCUT2D eigenvalue weighted by Crippen LogP contribution is -2.32. The van der Waals surface area contributed by atoms with Crippen LogP contribution in [0.3, 0.4) is 0 Å². The predicted octanol–water partition coefficient (Wildman–Crippen LogP) is 5.78. The molecule has 1 aromatic carbocycles. The highest BCUT2D eigenvalue weighted by molar-refractivity contribution is 5.65. The lowest BCUT2D eigenvalue weighted by Gasteiger charge is -2.29. The zero-order valence-corrected chi connectivity index (χ0v) is 16.4. The summed E-state index contributed by atoms with van der Waals surface area (Å²) in [5.74, 6) is 1.37. The van der Waals surface area contributed by atoms with Crippen LogP contribution < -0.4 is 4.57 Å². The second-order valence-corrected chi connectivity index (χ2v) is 8.84. The van der Waals surface area contributed by atoms with Crippen LogP contribution in [-0.4, -0.2) is 0 Å². The number of rotatable bonds is 1. The van der Waals surface area contributed by atoms with E-state index in [1.807, 2.05) is 0 Å². The van der Waals surface area contributed by atoms with Crippen LogP contribution in [0.1, 0.15) is 81.5 Å². The molecule has 24 heavy (non-hydrogen) atoms. The second-order valence-electron chi connectivity index (χ2n) is 8.84. The first-order valence-corrected chi connectivity index (χ1v) is 9.33. The number of benzene rings is 1. The van der Waals surface area contributed by atoms with Crippen molar-refractivity contribution in [3.8, 4) is 11.3 Å². The zero-order valence-electron chi connectivity index (χ0n) is 16.4. The SMILES string of the molecule is Cc1cc2c(cc1-c1cc(C(C)(C)C)cc[n+]1C)C(C)CCC2C. The molecule has 128 valence electrons. The third kappa shape index (κ3) is 3.01. The number of aryl methyl sites for hydroxylation is 2. The molecule has 0 aliphatic heterocycles. The van der Waals surface area contributed by atoms with Crippen molar-refractivity contribution in [3.05, 3.63) is 52.7 Å². The quantitative estimate of drug-likeness (QED) is 0.585. The molecular formula is C23H32N+. The molecule has 1 heteroatoms. The summed E-state index contributed by atoms with van der Waals surface area (Å²) >= 11 is 0. The van der Waals surface area contributed by atoms with Gasteiger partial charge in [-0.3, -0.25) is 0 Å². The largest absolute Gasteiger partial charge is 0.212 e. The van der Waals surface area contributed by atoms with E-state index in [9.17, 15) is 0 Å². The average Bonchev–Trinajstić information content (AvgIpc) is 2.50. The van der Waals surface area contributed by atoms with E-state index < -0.39 is 0 Å². The average molecular weight is 323 g/mol. The van der Waals surface area contributed by atoms with Gasteiger partial charge in [0, 0.05) is 17.7 Å². The fourth-order valence-electron chi connectivity index (χ4n) is 3.99. The normalized spacial score (nSPS) is 20.8. The van der Waals surface area contributed by atoms with Crippen molar-refractivity contribution in [1.29, 1.82) is 0 Å². The van der Waals surface area contributed by atoms with Crippen molar-refractivity contribution in [3.63, 3.8) is 0 Å². The molecule has 1 heterocycles. The van der Waals surface area contributed by atoms with Crippen LogP contribution in [0.2, 0.25) is 0 Å². The summed E-state index contributed by atoms with van der Waals surface area (Å²) in [5, 5.41) is 0. The predicted molar refractivity (Wildman–Crippen MR) is 103 cm³/mol. The van der Waals surface area contributed by atoms with Crippen molar-refractivity contribution in [2.75, 3.05) is 0 Å². The van der Waals surface area contributed by atoms with Gasteiger partial charge in [-0.05, 0) is 65.3 Å². The molecule has 1 aliphatic carbocycles. The number of hydrogen-bond acceptors (Lipinski definition) is 0. The molecule has 0 radical (unpaired) electrons. The number of pyridine rings is 1. The minimum Gasteiger partial charge on any atom is -0.201 e. The van der Waals surface area contributed by atoms with E-state index in [-0.39, 0.29) is 5.41 Å². The summed E-state index contributed by atoms with van der Waals surface area (Å²) in [5.41, 5.74) is 8.83. The zero-order chi connectivity index (χ0) is 17.6. The van der Waals surface area contributed by atoms with Crippen LogP contribution in [0.5, 0.6) is 0 Å². The van der Waals surface area contributed by atoms with Gasteiger partial charge < -0.3 is 0 Å². The molecule has 2 atom stereocenters. The van der Waals surface area contributed by atoms with Gasteiger partial charge >= 0.3 is 0 Å². The Morgan fingerprint density at radius 1 is 0.958 bits per heavy atom. The van der Waals surface area contributed by atoms with E-state index in [0.29, 0.717) is 11.8 Å². The van der Waals surface area contributed by atoms with Crippen LogP contribution in [-0.2, 0) is 12.5 Å². The van der Waals surface area contributed by atoms with Crippen LogP contribution in [0.25, 0.3) is 11.3 Å². The molecule has 0 spiro atoms. The van der Waals surface area contributed by atoms with Gasteiger partial charge in [-0.15, -0.1) is 0 Å². The standard InChI is InChI=1S/C23H32N/c1-15-8-9-16(2)20-14-21(17(3)12-19(15)20)22-13-18(23(4,5)6)10-11-24(22)7/h10-16H,8-9H2,1-7H3/q+1. The maximum atomic E-state index is 2.48. The van der Waals surface area contributed by atoms with Crippen LogP contribution >= 0.6 is 0 Å². The minimum atomic E-state index is 0.174. The van der Waals surface area contributed by atoms with Crippen molar-refractivity contribution in [1.82, 2.24) is 0 Å². The van der Waals surface area contributed by atoms with Crippen molar-refractivity contribution in [2.45, 2.75) is 71.6 Å². The molecule has 0 saturated carbocycles. The maximum Gasteiger partial charge on any atom is 0.212 e. The molecule has 0 amide bonds. The first-order chi connectivity index (χ1) is 11.2. The highest BCUT2D eigenvalue weighted by Gasteiger charge is 2.26. The molecular weight excluding hydrogens is 290 g/mol. The van der Waals surface area contributed by atoms with E-state index in [1.54, 1.807) is 11.1 Å². The van der Waals surface area contributed by atoms with Crippen molar-refractivity contribution in [2.24, 2.45) is 7.05 Å². The molecule has 1 aliphatic rings. The van der Waals surface area contributed by atoms with E-state index >= 15 is 0 Å². The van der Waals surface area contributed by atoms with E-state index in [0.717, 1.165) is 0 Å². The van der Waals surface area contributed by atoms with E-state index in [4.69, 9.17) is 0 Å². The number of aromatic nitrogens is 1. The summed E-state index contributed by atoms with van der Waals surface area (Å²) in [6.45, 7) is 13.9. The van der Waals surface area contributed by atoms with Gasteiger partial charge in [-0.1, -0.05) is 40.7 Å². The third-order valence-corrected chi connectivity index (χ3v) is 5.82. The van der Waals surface area contributed by atoms with Crippen molar-refractivity contribution >= 4 is 0 Å². The molecule has 1 aromatic heterocycles. The van der Waals surface area contributed by atoms with Crippen LogP contribution in [0, 0.1) is 6.92 Å². The first kappa shape index (κ1) is 17.2. The molecule has 2 unspecified atom stereocenters. The Bertz CT molecular complexity index is 764. The van der Waals surface area contributed by atoms with Gasteiger partial charge in [0.2, 0.25) is 5.69 Å². The fraction of sp³-hybridized carbons (Fsp3) is 0.522. The van der Waals surface area contributed by atoms with E-state index in [2.05, 4.69) is 83.6 Å². The summed E-state index contributed by atoms with van der Waals surface area (Å²) in [6, 6.07) is 9.56. The smallest absolute Gasteiger partial charge is 0.201 e. The Kier molecular flexibility index (Phi) is 4.32. The molecule has 0 fully saturated rings. The molecule has 0 N–H and O–H groups in total. The summed E-state index contributed by atoms with van der Waals surface area (Å²) in [6.07, 6.45) is 4.84. The topological polar surface area (TPSA) is 3.88 Å². The number of nitrogens with zero attached hydrogens (tertiary/aromatic N) is 1. The third-order valence-electron chi connectivity index (χ3n) is 5.82. The Morgan fingerprint density at radius 2 is 1.54 bits per heavy atom. The Hall–Kier alpha value is -1.63. The summed E-state index contributed by atoms with van der Waals surface area (Å²) < 4.78 is 2.26. The highest BCUT2D eigenvalue weighted by atomic mass is 14.9. The summed E-state index contributed by atoms with van der Waals surface area (Å²) in [7, 11) is 2.16. The molecule has 0 saturated heterocycles. The molecule has 0 bridgehead atoms. The van der Waals surface area contributed by atoms with Crippen molar-refractivity contribution < 1.29 is 4.57 Å². The lowest BCUT2D eigenvalue weighted by molar-refractivity contribution is -0.660. The molecule has 1 nitrogen and oxygen atoms in total. The summed E-state index contributed by atoms with van der Waals surface area (Å²) in [4.78, 5) is 0. The Balaban J connectivity index is 2.19. The Labute approximate surface area is 147 Å². The van der Waals surface area contributed by atoms with Gasteiger partial charge in [0.15, 0.2) is 6.20 Å². The van der Waals surface area contributed by atoms with Crippen LogP contribution in [0.4, 0.5) is 0 Å². The number of fused-ring (bicyclic) bond motifs is 1. The van der Waals surface area contributed by atoms with Gasteiger partial charge in [-0.2, -0.15) is 0 Å². The minimum absolute atomic E-state index is 0.174. The van der Waals surface area contributed by atoms with E-state index in [1.165, 1.54) is 35.2 Å². The highest BCUT2D eigenvalue weighted by Crippen LogP contribution is 2.41. The maximum absolute atomic E-state index is 2.48. The second kappa shape index (κ2) is 6.02. The molecule has 2 aromatic rings. The van der Waals surface area contributed by atoms with Crippen LogP contribution in [0.15, 0.2) is 30.5 Å². The van der Waals surface area contributed by atoms with Gasteiger partial charge in [0.05, 0.1) is 0 Å². The monoisotopic (exact) mass is 322 g/mol. The van der Waals surface area contributed by atoms with Gasteiger partial charge in [-0.25, -0.2) is 4.57 Å². The Morgan fingerprint density at radius 3 is 2.12 bits per heavy atom. The van der Waals surface area contributed by atoms with Gasteiger partial charge in [0.25, 0.3) is 0 Å². The number of hydrogen-bond donors (Lipinski definition) is 0. The lowest BCUT2D eigenvalue weighted by atomic mass is 9.76. The fourth-order valence-corrected chi connectivity index (χ4v) is 3.99. The van der Waals surface area contributed by atoms with Gasteiger partial charge in [0.1, 0.15) is 7.05 Å². The molecule has 3 rings (SSSR count).